The second-order valence-electron chi connectivity index (χ2n) is 5.30. The molecule has 1 aliphatic heterocycles. The van der Waals surface area contributed by atoms with Crippen LogP contribution in [-0.2, 0) is 9.84 Å². The van der Waals surface area contributed by atoms with Crippen molar-refractivity contribution >= 4 is 32.3 Å². The number of carbonyl (C=O) groups is 1. The summed E-state index contributed by atoms with van der Waals surface area (Å²) in [6.45, 7) is 0.712. The molecule has 7 heteroatoms. The lowest BCUT2D eigenvalue weighted by molar-refractivity contribution is 0.0770. The van der Waals surface area contributed by atoms with Crippen LogP contribution in [0.1, 0.15) is 16.8 Å². The van der Waals surface area contributed by atoms with Gasteiger partial charge in [0.1, 0.15) is 0 Å². The van der Waals surface area contributed by atoms with Gasteiger partial charge in [0.2, 0.25) is 0 Å². The molecule has 2 heterocycles. The quantitative estimate of drug-likeness (QED) is 0.768. The maximum atomic E-state index is 12.6. The zero-order valence-corrected chi connectivity index (χ0v) is 12.3. The molecule has 1 aromatic carbocycles. The first-order valence-electron chi connectivity index (χ1n) is 6.82. The number of hydrogen-bond donors (Lipinski definition) is 2. The molecule has 2 aromatic rings. The van der Waals surface area contributed by atoms with Crippen LogP contribution in [0.5, 0.6) is 0 Å². The van der Waals surface area contributed by atoms with Crippen molar-refractivity contribution in [2.24, 2.45) is 0 Å². The average molecular weight is 307 g/mol. The largest absolute Gasteiger partial charge is 0.399 e. The van der Waals surface area contributed by atoms with Gasteiger partial charge < -0.3 is 15.6 Å². The summed E-state index contributed by atoms with van der Waals surface area (Å²) in [4.78, 5) is 17.3. The fourth-order valence-electron chi connectivity index (χ4n) is 2.63. The highest BCUT2D eigenvalue weighted by Crippen LogP contribution is 2.22. The molecular weight excluding hydrogens is 290 g/mol. The molecule has 3 rings (SSSR count). The highest BCUT2D eigenvalue weighted by Gasteiger charge is 2.24. The minimum absolute atomic E-state index is 0.0310. The maximum absolute atomic E-state index is 12.6. The molecule has 1 saturated heterocycles. The van der Waals surface area contributed by atoms with Crippen molar-refractivity contribution in [1.29, 1.82) is 0 Å². The molecular formula is C14H17N3O3S. The number of nitrogens with one attached hydrogen (secondary N) is 1. The zero-order valence-electron chi connectivity index (χ0n) is 11.5. The number of nitrogens with zero attached hydrogens (tertiary/aromatic N) is 1. The predicted octanol–water partition coefficient (Wildman–Crippen LogP) is 1.01. The molecule has 6 nitrogen and oxygen atoms in total. The monoisotopic (exact) mass is 307 g/mol. The summed E-state index contributed by atoms with van der Waals surface area (Å²) in [6, 6.07) is 5.35. The molecule has 3 N–H and O–H groups in total. The van der Waals surface area contributed by atoms with Gasteiger partial charge in [-0.05, 0) is 24.6 Å². The Labute approximate surface area is 122 Å². The number of sulfone groups is 1. The van der Waals surface area contributed by atoms with E-state index < -0.39 is 9.84 Å². The van der Waals surface area contributed by atoms with Crippen molar-refractivity contribution in [3.63, 3.8) is 0 Å². The molecule has 0 spiro atoms. The van der Waals surface area contributed by atoms with E-state index in [1.165, 1.54) is 0 Å². The Bertz CT molecular complexity index is 795. The van der Waals surface area contributed by atoms with Crippen molar-refractivity contribution < 1.29 is 13.2 Å². The maximum Gasteiger partial charge on any atom is 0.256 e. The van der Waals surface area contributed by atoms with E-state index in [2.05, 4.69) is 4.98 Å². The second kappa shape index (κ2) is 5.07. The number of nitrogens with two attached hydrogens (primary N) is 1. The SMILES string of the molecule is Nc1ccc2[nH]cc(C(=O)N3CCCS(=O)(=O)CC3)c2c1. The van der Waals surface area contributed by atoms with Gasteiger partial charge >= 0.3 is 0 Å². The summed E-state index contributed by atoms with van der Waals surface area (Å²) in [5.74, 6) is 0.0323. The van der Waals surface area contributed by atoms with Crippen molar-refractivity contribution in [1.82, 2.24) is 9.88 Å². The Hall–Kier alpha value is -2.02. The van der Waals surface area contributed by atoms with Crippen molar-refractivity contribution in [3.8, 4) is 0 Å². The second-order valence-corrected chi connectivity index (χ2v) is 7.61. The minimum Gasteiger partial charge on any atom is -0.399 e. The van der Waals surface area contributed by atoms with Crippen molar-refractivity contribution in [2.45, 2.75) is 6.42 Å². The molecule has 0 radical (unpaired) electrons. The number of carbonyl (C=O) groups excluding carboxylic acids is 1. The van der Waals surface area contributed by atoms with Crippen molar-refractivity contribution in [3.05, 3.63) is 30.0 Å². The average Bonchev–Trinajstić information content (AvgIpc) is 2.75. The van der Waals surface area contributed by atoms with Gasteiger partial charge in [-0.1, -0.05) is 0 Å². The van der Waals surface area contributed by atoms with Gasteiger partial charge in [-0.2, -0.15) is 0 Å². The fourth-order valence-corrected chi connectivity index (χ4v) is 3.90. The predicted molar refractivity (Wildman–Crippen MR) is 81.9 cm³/mol. The number of anilines is 1. The molecule has 1 fully saturated rings. The summed E-state index contributed by atoms with van der Waals surface area (Å²) in [6.07, 6.45) is 2.14. The van der Waals surface area contributed by atoms with Gasteiger partial charge in [0.05, 0.1) is 17.1 Å². The Kier molecular flexibility index (Phi) is 3.36. The third-order valence-electron chi connectivity index (χ3n) is 3.78. The smallest absolute Gasteiger partial charge is 0.256 e. The number of amides is 1. The van der Waals surface area contributed by atoms with Gasteiger partial charge in [0, 0.05) is 35.9 Å². The first-order chi connectivity index (χ1) is 9.96. The van der Waals surface area contributed by atoms with Crippen LogP contribution in [0.2, 0.25) is 0 Å². The molecule has 21 heavy (non-hydrogen) atoms. The molecule has 1 aromatic heterocycles. The summed E-state index contributed by atoms with van der Waals surface area (Å²) in [5, 5.41) is 0.770. The number of hydrogen-bond acceptors (Lipinski definition) is 4. The minimum atomic E-state index is -3.03. The molecule has 112 valence electrons. The standard InChI is InChI=1S/C14H17N3O3S/c15-10-2-3-13-11(8-10)12(9-16-13)14(18)17-4-1-6-21(19,20)7-5-17/h2-3,8-9,16H,1,4-7,15H2. The lowest BCUT2D eigenvalue weighted by Gasteiger charge is -2.19. The summed E-state index contributed by atoms with van der Waals surface area (Å²) in [5.41, 5.74) is 7.75. The van der Waals surface area contributed by atoms with Crippen LogP contribution in [0.15, 0.2) is 24.4 Å². The Morgan fingerprint density at radius 2 is 2.05 bits per heavy atom. The lowest BCUT2D eigenvalue weighted by Crippen LogP contribution is -2.33. The Morgan fingerprint density at radius 3 is 2.86 bits per heavy atom. The lowest BCUT2D eigenvalue weighted by atomic mass is 10.1. The number of fused-ring (bicyclic) bond motifs is 1. The van der Waals surface area contributed by atoms with Crippen LogP contribution in [0.3, 0.4) is 0 Å². The van der Waals surface area contributed by atoms with Crippen LogP contribution in [0.25, 0.3) is 10.9 Å². The topological polar surface area (TPSA) is 96.3 Å². The van der Waals surface area contributed by atoms with E-state index in [9.17, 15) is 13.2 Å². The Morgan fingerprint density at radius 1 is 1.24 bits per heavy atom. The number of benzene rings is 1. The van der Waals surface area contributed by atoms with Gasteiger partial charge in [-0.25, -0.2) is 8.42 Å². The van der Waals surface area contributed by atoms with Crippen LogP contribution < -0.4 is 5.73 Å². The zero-order chi connectivity index (χ0) is 15.0. The van der Waals surface area contributed by atoms with Crippen LogP contribution in [0.4, 0.5) is 5.69 Å². The molecule has 0 atom stereocenters. The van der Waals surface area contributed by atoms with Crippen LogP contribution in [0, 0.1) is 0 Å². The summed E-state index contributed by atoms with van der Waals surface area (Å²) >= 11 is 0. The first kappa shape index (κ1) is 13.9. The molecule has 1 amide bonds. The summed E-state index contributed by atoms with van der Waals surface area (Å²) in [7, 11) is -3.03. The van der Waals surface area contributed by atoms with Crippen LogP contribution >= 0.6 is 0 Å². The van der Waals surface area contributed by atoms with Gasteiger partial charge in [0.15, 0.2) is 9.84 Å². The van der Waals surface area contributed by atoms with E-state index in [0.717, 1.165) is 10.9 Å². The molecule has 0 bridgehead atoms. The van der Waals surface area contributed by atoms with E-state index in [1.54, 1.807) is 23.2 Å². The number of aromatic amines is 1. The van der Waals surface area contributed by atoms with E-state index >= 15 is 0 Å². The van der Waals surface area contributed by atoms with Crippen molar-refractivity contribution in [2.75, 3.05) is 30.3 Å². The van der Waals surface area contributed by atoms with E-state index in [-0.39, 0.29) is 24.0 Å². The number of aromatic nitrogens is 1. The number of H-pyrrole nitrogens is 1. The fraction of sp³-hybridized carbons (Fsp3) is 0.357. The third kappa shape index (κ3) is 2.73. The molecule has 0 aliphatic carbocycles. The normalized spacial score (nSPS) is 18.6. The van der Waals surface area contributed by atoms with Gasteiger partial charge in [0.25, 0.3) is 5.91 Å². The van der Waals surface area contributed by atoms with Gasteiger partial charge in [-0.3, -0.25) is 4.79 Å². The molecule has 0 saturated carbocycles. The summed E-state index contributed by atoms with van der Waals surface area (Å²) < 4.78 is 23.2. The molecule has 1 aliphatic rings. The number of rotatable bonds is 1. The van der Waals surface area contributed by atoms with Gasteiger partial charge in [-0.15, -0.1) is 0 Å². The van der Waals surface area contributed by atoms with E-state index in [0.29, 0.717) is 24.2 Å². The highest BCUT2D eigenvalue weighted by atomic mass is 32.2. The Balaban J connectivity index is 1.91. The van der Waals surface area contributed by atoms with E-state index in [1.807, 2.05) is 6.07 Å². The highest BCUT2D eigenvalue weighted by molar-refractivity contribution is 7.91. The first-order valence-corrected chi connectivity index (χ1v) is 8.65. The van der Waals surface area contributed by atoms with E-state index in [4.69, 9.17) is 5.73 Å². The van der Waals surface area contributed by atoms with Crippen LogP contribution in [-0.4, -0.2) is 48.8 Å². The third-order valence-corrected chi connectivity index (χ3v) is 5.49. The number of nitrogen functional groups attached to an aromatic ring is 1. The molecule has 0 unspecified atom stereocenters.